The van der Waals surface area contributed by atoms with Gasteiger partial charge in [-0.2, -0.15) is 0 Å². The van der Waals surface area contributed by atoms with Crippen LogP contribution in [-0.4, -0.2) is 60.0 Å². The van der Waals surface area contributed by atoms with E-state index in [9.17, 15) is 18.8 Å². The van der Waals surface area contributed by atoms with Crippen molar-refractivity contribution in [3.63, 3.8) is 0 Å². The molecule has 9 nitrogen and oxygen atoms in total. The van der Waals surface area contributed by atoms with Crippen molar-refractivity contribution in [2.24, 2.45) is 0 Å². The Labute approximate surface area is 230 Å². The Kier molecular flexibility index (Phi) is 7.77. The summed E-state index contributed by atoms with van der Waals surface area (Å²) in [6.07, 6.45) is 0.745. The summed E-state index contributed by atoms with van der Waals surface area (Å²) in [6.45, 7) is 3.34. The molecule has 0 spiro atoms. The Bertz CT molecular complexity index is 1490. The summed E-state index contributed by atoms with van der Waals surface area (Å²) >= 11 is 4.79. The molecule has 2 aliphatic rings. The molecule has 38 heavy (non-hydrogen) atoms. The van der Waals surface area contributed by atoms with Crippen LogP contribution in [0.15, 0.2) is 31.6 Å². The van der Waals surface area contributed by atoms with Gasteiger partial charge in [0.25, 0.3) is 5.56 Å². The number of carbonyl (C=O) groups excluding carboxylic acids is 1. The summed E-state index contributed by atoms with van der Waals surface area (Å²) in [5.41, 5.74) is 0.0720. The number of methoxy groups -OCH3 is 1. The zero-order chi connectivity index (χ0) is 27.1. The van der Waals surface area contributed by atoms with Gasteiger partial charge in [-0.15, -0.1) is 11.3 Å². The van der Waals surface area contributed by atoms with Crippen molar-refractivity contribution in [2.45, 2.75) is 51.0 Å². The number of aromatic nitrogens is 2. The van der Waals surface area contributed by atoms with Crippen molar-refractivity contribution in [3.05, 3.63) is 59.8 Å². The van der Waals surface area contributed by atoms with E-state index >= 15 is 0 Å². The molecule has 0 saturated carbocycles. The second kappa shape index (κ2) is 10.9. The second-order valence-electron chi connectivity index (χ2n) is 9.64. The molecule has 2 fully saturated rings. The van der Waals surface area contributed by atoms with Crippen LogP contribution in [-0.2, 0) is 20.8 Å². The highest BCUT2D eigenvalue weighted by Gasteiger charge is 2.35. The third kappa shape index (κ3) is 4.83. The van der Waals surface area contributed by atoms with Gasteiger partial charge in [-0.1, -0.05) is 0 Å². The molecule has 1 aromatic carbocycles. The molecule has 2 aliphatic heterocycles. The Morgan fingerprint density at radius 2 is 1.95 bits per heavy atom. The lowest BCUT2D eigenvalue weighted by Gasteiger charge is -2.29. The van der Waals surface area contributed by atoms with Gasteiger partial charge in [-0.25, -0.2) is 13.8 Å². The predicted octanol–water partition coefficient (Wildman–Crippen LogP) is 3.78. The molecule has 0 aliphatic carbocycles. The fourth-order valence-electron chi connectivity index (χ4n) is 5.20. The Morgan fingerprint density at radius 3 is 2.61 bits per heavy atom. The summed E-state index contributed by atoms with van der Waals surface area (Å²) in [7, 11) is 3.15. The first kappa shape index (κ1) is 27.0. The van der Waals surface area contributed by atoms with E-state index in [1.165, 1.54) is 46.1 Å². The van der Waals surface area contributed by atoms with E-state index in [0.29, 0.717) is 66.1 Å². The van der Waals surface area contributed by atoms with Gasteiger partial charge < -0.3 is 19.1 Å². The number of aryl methyl sites for hydroxylation is 1. The second-order valence-corrected chi connectivity index (χ2v) is 12.0. The highest BCUT2D eigenvalue weighted by molar-refractivity contribution is 9.11. The lowest BCUT2D eigenvalue weighted by atomic mass is 10.1. The number of likely N-dealkylation sites (N-methyl/N-ethyl adjacent to an activating group) is 1. The number of rotatable bonds is 7. The van der Waals surface area contributed by atoms with Crippen molar-refractivity contribution < 1.29 is 23.4 Å². The summed E-state index contributed by atoms with van der Waals surface area (Å²) < 4.78 is 35.2. The first-order valence-corrected chi connectivity index (χ1v) is 14.1. The van der Waals surface area contributed by atoms with Crippen molar-refractivity contribution in [1.82, 2.24) is 14.0 Å². The molecule has 2 aromatic heterocycles. The van der Waals surface area contributed by atoms with E-state index in [0.717, 1.165) is 8.35 Å². The molecule has 3 aromatic rings. The number of amides is 1. The van der Waals surface area contributed by atoms with E-state index in [1.54, 1.807) is 14.0 Å². The molecule has 12 heteroatoms. The number of hydrogen-bond donors (Lipinski definition) is 0. The number of carbonyl (C=O) groups is 1. The molecular formula is C26H29BrFN3O6S. The quantitative estimate of drug-likeness (QED) is 0.405. The van der Waals surface area contributed by atoms with Gasteiger partial charge in [0.2, 0.25) is 5.91 Å². The summed E-state index contributed by atoms with van der Waals surface area (Å²) in [5, 5.41) is 0.375. The average molecular weight is 611 g/mol. The summed E-state index contributed by atoms with van der Waals surface area (Å²) in [5.74, 6) is -0.306. The van der Waals surface area contributed by atoms with Crippen LogP contribution in [0.25, 0.3) is 10.2 Å². The molecule has 2 atom stereocenters. The highest BCUT2D eigenvalue weighted by Crippen LogP contribution is 2.36. The molecule has 204 valence electrons. The van der Waals surface area contributed by atoms with E-state index in [1.807, 2.05) is 0 Å². The normalized spacial score (nSPS) is 19.4. The third-order valence-electron chi connectivity index (χ3n) is 7.31. The van der Waals surface area contributed by atoms with E-state index in [2.05, 4.69) is 15.9 Å². The van der Waals surface area contributed by atoms with Gasteiger partial charge in [0.05, 0.1) is 28.9 Å². The molecule has 1 amide bonds. The maximum atomic E-state index is 14.5. The number of nitrogens with zero attached hydrogens (tertiary/aromatic N) is 3. The number of halogens is 2. The van der Waals surface area contributed by atoms with Gasteiger partial charge in [-0.05, 0) is 65.9 Å². The smallest absolute Gasteiger partial charge is 0.332 e. The van der Waals surface area contributed by atoms with E-state index in [-0.39, 0.29) is 18.6 Å². The number of hydrogen-bond acceptors (Lipinski definition) is 7. The molecule has 5 rings (SSSR count). The third-order valence-corrected chi connectivity index (χ3v) is 9.49. The van der Waals surface area contributed by atoms with Crippen LogP contribution in [0, 0.1) is 12.7 Å². The van der Waals surface area contributed by atoms with Gasteiger partial charge in [0.1, 0.15) is 28.5 Å². The van der Waals surface area contributed by atoms with E-state index in [4.69, 9.17) is 14.2 Å². The minimum Gasteiger partial charge on any atom is -0.496 e. The Balaban J connectivity index is 1.69. The summed E-state index contributed by atoms with van der Waals surface area (Å²) in [6, 6.07) is 3.31. The maximum absolute atomic E-state index is 14.5. The fraction of sp³-hybridized carbons (Fsp3) is 0.500. The number of ether oxygens (including phenoxy) is 3. The van der Waals surface area contributed by atoms with Crippen LogP contribution in [0.4, 0.5) is 4.39 Å². The minimum atomic E-state index is -0.882. The molecule has 1 unspecified atom stereocenters. The van der Waals surface area contributed by atoms with Crippen molar-refractivity contribution in [3.8, 4) is 5.75 Å². The number of thiophene rings is 1. The minimum absolute atomic E-state index is 0.00404. The van der Waals surface area contributed by atoms with Crippen LogP contribution in [0.1, 0.15) is 42.5 Å². The summed E-state index contributed by atoms with van der Waals surface area (Å²) in [4.78, 5) is 42.5. The fourth-order valence-corrected chi connectivity index (χ4v) is 6.89. The zero-order valence-corrected chi connectivity index (χ0v) is 23.8. The standard InChI is InChI=1S/C26H29BrFN3O6S/c1-14-21-24(33)31(18-6-9-29(2)23(18)32)26(34)30(25(21)38-22(14)27)13-20(37-16-7-10-36-11-8-16)17-12-15(28)4-5-19(17)35-3/h4-5,12,16,18,20H,6-11,13H2,1-3H3/t18?,20-/m0/s1. The number of fused-ring (bicyclic) bond motifs is 1. The maximum Gasteiger partial charge on any atom is 0.332 e. The highest BCUT2D eigenvalue weighted by atomic mass is 79.9. The SMILES string of the molecule is COc1ccc(F)cc1[C@H](Cn1c(=O)n(C2CCN(C)C2=O)c(=O)c2c(C)c(Br)sc21)OC1CCOCC1. The monoisotopic (exact) mass is 609 g/mol. The largest absolute Gasteiger partial charge is 0.496 e. The van der Waals surface area contributed by atoms with Gasteiger partial charge >= 0.3 is 5.69 Å². The molecule has 0 N–H and O–H groups in total. The average Bonchev–Trinajstić information content (AvgIpc) is 3.39. The van der Waals surface area contributed by atoms with Crippen LogP contribution in [0.2, 0.25) is 0 Å². The van der Waals surface area contributed by atoms with Crippen LogP contribution in [0.5, 0.6) is 5.75 Å². The number of benzene rings is 1. The molecule has 4 heterocycles. The Hall–Kier alpha value is -2.54. The first-order chi connectivity index (χ1) is 18.2. The van der Waals surface area contributed by atoms with Crippen LogP contribution >= 0.6 is 27.3 Å². The van der Waals surface area contributed by atoms with Gasteiger partial charge in [-0.3, -0.25) is 14.2 Å². The van der Waals surface area contributed by atoms with Crippen molar-refractivity contribution in [1.29, 1.82) is 0 Å². The lowest BCUT2D eigenvalue weighted by molar-refractivity contribution is -0.129. The van der Waals surface area contributed by atoms with E-state index < -0.39 is 29.2 Å². The first-order valence-electron chi connectivity index (χ1n) is 12.5. The molecule has 0 bridgehead atoms. The number of likely N-dealkylation sites (tertiary alicyclic amines) is 1. The topological polar surface area (TPSA) is 92.0 Å². The Morgan fingerprint density at radius 1 is 1.21 bits per heavy atom. The van der Waals surface area contributed by atoms with Gasteiger partial charge in [0.15, 0.2) is 0 Å². The molecular weight excluding hydrogens is 581 g/mol. The molecule has 2 saturated heterocycles. The van der Waals surface area contributed by atoms with Crippen molar-refractivity contribution >= 4 is 43.4 Å². The zero-order valence-electron chi connectivity index (χ0n) is 21.4. The molecule has 0 radical (unpaired) electrons. The van der Waals surface area contributed by atoms with Crippen LogP contribution < -0.4 is 16.0 Å². The van der Waals surface area contributed by atoms with Crippen molar-refractivity contribution in [2.75, 3.05) is 33.9 Å². The van der Waals surface area contributed by atoms with Gasteiger partial charge in [0, 0.05) is 32.4 Å². The predicted molar refractivity (Wildman–Crippen MR) is 145 cm³/mol. The lowest BCUT2D eigenvalue weighted by Crippen LogP contribution is -2.45. The van der Waals surface area contributed by atoms with Crippen LogP contribution in [0.3, 0.4) is 0 Å².